The minimum absolute atomic E-state index is 0.0373. The van der Waals surface area contributed by atoms with Crippen LogP contribution in [0.15, 0.2) is 11.3 Å². The van der Waals surface area contributed by atoms with E-state index in [9.17, 15) is 5.11 Å². The molecule has 0 aromatic heterocycles. The quantitative estimate of drug-likeness (QED) is 0.499. The van der Waals surface area contributed by atoms with Gasteiger partial charge in [0.2, 0.25) is 0 Å². The number of allylic oxidation sites excluding steroid dienone is 2. The molecule has 1 fully saturated rings. The number of hydrogen-bond donors (Lipinski definition) is 1. The van der Waals surface area contributed by atoms with Crippen molar-refractivity contribution in [2.24, 2.45) is 5.92 Å². The van der Waals surface area contributed by atoms with Gasteiger partial charge in [-0.05, 0) is 5.92 Å². The van der Waals surface area contributed by atoms with Crippen LogP contribution in [0.1, 0.15) is 25.7 Å². The molecule has 1 aliphatic rings. The van der Waals surface area contributed by atoms with Crippen LogP contribution in [0.25, 0.3) is 0 Å². The first-order valence-electron chi connectivity index (χ1n) is 4.00. The van der Waals surface area contributed by atoms with Crippen molar-refractivity contribution in [3.63, 3.8) is 0 Å². The second kappa shape index (κ2) is 3.78. The van der Waals surface area contributed by atoms with Crippen molar-refractivity contribution in [1.29, 1.82) is 10.5 Å². The fourth-order valence-electron chi connectivity index (χ4n) is 1.23. The third-order valence-electron chi connectivity index (χ3n) is 2.22. The van der Waals surface area contributed by atoms with Crippen molar-refractivity contribution in [1.82, 2.24) is 0 Å². The highest BCUT2D eigenvalue weighted by Gasteiger charge is 2.20. The molecule has 3 heteroatoms. The maximum Gasteiger partial charge on any atom is 0.166 e. The van der Waals surface area contributed by atoms with Crippen LogP contribution in [-0.2, 0) is 0 Å². The molecular formula is C9H10N2O. The van der Waals surface area contributed by atoms with Gasteiger partial charge >= 0.3 is 0 Å². The molecule has 62 valence electrons. The summed E-state index contributed by atoms with van der Waals surface area (Å²) in [6.45, 7) is 0. The topological polar surface area (TPSA) is 67.8 Å². The number of nitriles is 2. The zero-order valence-electron chi connectivity index (χ0n) is 6.75. The van der Waals surface area contributed by atoms with Crippen molar-refractivity contribution >= 4 is 0 Å². The molecule has 0 saturated heterocycles. The van der Waals surface area contributed by atoms with E-state index in [-0.39, 0.29) is 11.3 Å². The van der Waals surface area contributed by atoms with Crippen molar-refractivity contribution in [3.8, 4) is 12.1 Å². The van der Waals surface area contributed by atoms with Gasteiger partial charge in [0, 0.05) is 6.42 Å². The molecule has 0 radical (unpaired) electrons. The van der Waals surface area contributed by atoms with E-state index in [2.05, 4.69) is 0 Å². The van der Waals surface area contributed by atoms with Crippen molar-refractivity contribution in [2.75, 3.05) is 0 Å². The number of nitrogens with zero attached hydrogens (tertiary/aromatic N) is 2. The van der Waals surface area contributed by atoms with Crippen molar-refractivity contribution in [3.05, 3.63) is 11.3 Å². The number of rotatable bonds is 2. The van der Waals surface area contributed by atoms with Crippen LogP contribution in [0.3, 0.4) is 0 Å². The SMILES string of the molecule is N#CC(C#N)=C(O)CC1CCC1. The molecule has 0 amide bonds. The van der Waals surface area contributed by atoms with Crippen LogP contribution in [0.2, 0.25) is 0 Å². The largest absolute Gasteiger partial charge is 0.510 e. The fraction of sp³-hybridized carbons (Fsp3) is 0.556. The summed E-state index contributed by atoms with van der Waals surface area (Å²) in [6.07, 6.45) is 3.91. The molecule has 0 aromatic rings. The summed E-state index contributed by atoms with van der Waals surface area (Å²) in [6, 6.07) is 3.35. The van der Waals surface area contributed by atoms with Crippen LogP contribution < -0.4 is 0 Å². The monoisotopic (exact) mass is 162 g/mol. The summed E-state index contributed by atoms with van der Waals surface area (Å²) in [5, 5.41) is 26.1. The van der Waals surface area contributed by atoms with Crippen LogP contribution in [0, 0.1) is 28.6 Å². The Hall–Kier alpha value is -1.48. The van der Waals surface area contributed by atoms with Gasteiger partial charge in [0.25, 0.3) is 0 Å². The predicted molar refractivity (Wildman–Crippen MR) is 42.8 cm³/mol. The van der Waals surface area contributed by atoms with Gasteiger partial charge in [-0.1, -0.05) is 19.3 Å². The average Bonchev–Trinajstić information content (AvgIpc) is 1.99. The van der Waals surface area contributed by atoms with Crippen LogP contribution >= 0.6 is 0 Å². The molecule has 0 heterocycles. The lowest BCUT2D eigenvalue weighted by molar-refractivity contribution is 0.264. The summed E-state index contributed by atoms with van der Waals surface area (Å²) in [4.78, 5) is 0. The molecule has 0 spiro atoms. The highest BCUT2D eigenvalue weighted by atomic mass is 16.3. The van der Waals surface area contributed by atoms with E-state index in [1.807, 2.05) is 0 Å². The van der Waals surface area contributed by atoms with Gasteiger partial charge in [-0.2, -0.15) is 10.5 Å². The van der Waals surface area contributed by atoms with Crippen molar-refractivity contribution in [2.45, 2.75) is 25.7 Å². The molecular weight excluding hydrogens is 152 g/mol. The zero-order chi connectivity index (χ0) is 8.97. The maximum atomic E-state index is 9.28. The van der Waals surface area contributed by atoms with Gasteiger partial charge in [-0.3, -0.25) is 0 Å². The molecule has 1 saturated carbocycles. The molecule has 12 heavy (non-hydrogen) atoms. The van der Waals surface area contributed by atoms with E-state index in [0.717, 1.165) is 12.8 Å². The van der Waals surface area contributed by atoms with Gasteiger partial charge in [-0.25, -0.2) is 0 Å². The van der Waals surface area contributed by atoms with Gasteiger partial charge in [0.15, 0.2) is 5.57 Å². The van der Waals surface area contributed by atoms with Gasteiger partial charge in [0.05, 0.1) is 0 Å². The molecule has 0 atom stereocenters. The molecule has 0 unspecified atom stereocenters. The molecule has 3 nitrogen and oxygen atoms in total. The Morgan fingerprint density at radius 2 is 1.92 bits per heavy atom. The first-order valence-corrected chi connectivity index (χ1v) is 4.00. The molecule has 0 aliphatic heterocycles. The standard InChI is InChI=1S/C9H10N2O/c10-5-8(6-11)9(12)4-7-2-1-3-7/h7,12H,1-4H2. The van der Waals surface area contributed by atoms with Crippen LogP contribution in [0.5, 0.6) is 0 Å². The van der Waals surface area contributed by atoms with E-state index in [1.54, 1.807) is 12.1 Å². The van der Waals surface area contributed by atoms with E-state index in [4.69, 9.17) is 10.5 Å². The third-order valence-corrected chi connectivity index (χ3v) is 2.22. The number of aliphatic hydroxyl groups excluding tert-OH is 1. The van der Waals surface area contributed by atoms with Gasteiger partial charge < -0.3 is 5.11 Å². The Labute approximate surface area is 71.5 Å². The highest BCUT2D eigenvalue weighted by molar-refractivity contribution is 5.37. The molecule has 0 bridgehead atoms. The second-order valence-corrected chi connectivity index (χ2v) is 3.05. The lowest BCUT2D eigenvalue weighted by Gasteiger charge is -2.24. The van der Waals surface area contributed by atoms with E-state index in [0.29, 0.717) is 12.3 Å². The Balaban J connectivity index is 2.56. The average molecular weight is 162 g/mol. The van der Waals surface area contributed by atoms with Crippen LogP contribution in [0.4, 0.5) is 0 Å². The summed E-state index contributed by atoms with van der Waals surface area (Å²) < 4.78 is 0. The van der Waals surface area contributed by atoms with E-state index < -0.39 is 0 Å². The number of aliphatic hydroxyl groups is 1. The lowest BCUT2D eigenvalue weighted by Crippen LogP contribution is -2.12. The highest BCUT2D eigenvalue weighted by Crippen LogP contribution is 2.31. The second-order valence-electron chi connectivity index (χ2n) is 3.05. The molecule has 1 N–H and O–H groups in total. The Morgan fingerprint density at radius 3 is 2.25 bits per heavy atom. The predicted octanol–water partition coefficient (Wildman–Crippen LogP) is 2.04. The summed E-state index contributed by atoms with van der Waals surface area (Å²) >= 11 is 0. The summed E-state index contributed by atoms with van der Waals surface area (Å²) in [7, 11) is 0. The zero-order valence-corrected chi connectivity index (χ0v) is 6.75. The van der Waals surface area contributed by atoms with Crippen molar-refractivity contribution < 1.29 is 5.11 Å². The van der Waals surface area contributed by atoms with E-state index in [1.165, 1.54) is 6.42 Å². The molecule has 0 aromatic carbocycles. The summed E-state index contributed by atoms with van der Waals surface area (Å²) in [5.74, 6) is 0.450. The first kappa shape index (κ1) is 8.62. The normalized spacial score (nSPS) is 15.5. The Bertz CT molecular complexity index is 260. The smallest absolute Gasteiger partial charge is 0.166 e. The van der Waals surface area contributed by atoms with Crippen LogP contribution in [-0.4, -0.2) is 5.11 Å². The maximum absolute atomic E-state index is 9.28. The third kappa shape index (κ3) is 1.77. The summed E-state index contributed by atoms with van der Waals surface area (Å²) in [5.41, 5.74) is -0.137. The Morgan fingerprint density at radius 1 is 1.33 bits per heavy atom. The molecule has 1 rings (SSSR count). The van der Waals surface area contributed by atoms with Gasteiger partial charge in [0.1, 0.15) is 17.9 Å². The lowest BCUT2D eigenvalue weighted by atomic mass is 9.82. The van der Waals surface area contributed by atoms with E-state index >= 15 is 0 Å². The Kier molecular flexibility index (Phi) is 2.71. The fourth-order valence-corrected chi connectivity index (χ4v) is 1.23. The minimum Gasteiger partial charge on any atom is -0.510 e. The van der Waals surface area contributed by atoms with Gasteiger partial charge in [-0.15, -0.1) is 0 Å². The first-order chi connectivity index (χ1) is 5.77. The minimum atomic E-state index is -0.137. The number of hydrogen-bond acceptors (Lipinski definition) is 3. The molecule has 1 aliphatic carbocycles.